The topological polar surface area (TPSA) is 52.6 Å². The first-order valence-electron chi connectivity index (χ1n) is 7.87. The minimum atomic E-state index is -0.487. The molecule has 0 saturated heterocycles. The van der Waals surface area contributed by atoms with Crippen LogP contribution < -0.4 is 0 Å². The highest BCUT2D eigenvalue weighted by atomic mass is 16.6. The van der Waals surface area contributed by atoms with Gasteiger partial charge in [-0.1, -0.05) is 52.9 Å². The van der Waals surface area contributed by atoms with E-state index in [-0.39, 0.29) is 6.42 Å². The van der Waals surface area contributed by atoms with E-state index >= 15 is 0 Å². The van der Waals surface area contributed by atoms with Crippen molar-refractivity contribution in [2.75, 3.05) is 13.2 Å². The Morgan fingerprint density at radius 3 is 2.00 bits per heavy atom. The predicted octanol–water partition coefficient (Wildman–Crippen LogP) is 3.87. The van der Waals surface area contributed by atoms with Crippen LogP contribution in [0.15, 0.2) is 0 Å². The van der Waals surface area contributed by atoms with Gasteiger partial charge in [-0.3, -0.25) is 9.59 Å². The quantitative estimate of drug-likeness (QED) is 0.310. The molecule has 0 atom stereocenters. The van der Waals surface area contributed by atoms with Gasteiger partial charge < -0.3 is 9.47 Å². The first-order valence-corrected chi connectivity index (χ1v) is 7.87. The first-order chi connectivity index (χ1) is 9.56. The monoisotopic (exact) mass is 286 g/mol. The second-order valence-corrected chi connectivity index (χ2v) is 5.57. The van der Waals surface area contributed by atoms with E-state index in [1.54, 1.807) is 0 Å². The molecule has 4 heteroatoms. The minimum absolute atomic E-state index is 0.270. The molecule has 0 aromatic heterocycles. The molecule has 20 heavy (non-hydrogen) atoms. The zero-order chi connectivity index (χ0) is 15.2. The van der Waals surface area contributed by atoms with E-state index in [1.165, 1.54) is 25.7 Å². The first kappa shape index (κ1) is 18.9. The molecule has 0 bridgehead atoms. The Labute approximate surface area is 123 Å². The summed E-state index contributed by atoms with van der Waals surface area (Å²) in [6, 6.07) is 0. The molecule has 0 aromatic carbocycles. The van der Waals surface area contributed by atoms with Crippen LogP contribution in [0.25, 0.3) is 0 Å². The molecule has 0 spiro atoms. The van der Waals surface area contributed by atoms with Crippen LogP contribution in [0, 0.1) is 5.92 Å². The van der Waals surface area contributed by atoms with Gasteiger partial charge in [0.25, 0.3) is 0 Å². The SMILES string of the molecule is CCCCCCCCOC(=O)CC(=O)OCCC(C)C. The highest BCUT2D eigenvalue weighted by Gasteiger charge is 2.11. The van der Waals surface area contributed by atoms with Crippen molar-refractivity contribution in [3.8, 4) is 0 Å². The standard InChI is InChI=1S/C16H30O4/c1-4-5-6-7-8-9-11-19-15(17)13-16(18)20-12-10-14(2)3/h14H,4-13H2,1-3H3. The zero-order valence-corrected chi connectivity index (χ0v) is 13.3. The number of hydrogen-bond acceptors (Lipinski definition) is 4. The lowest BCUT2D eigenvalue weighted by Crippen LogP contribution is -2.15. The molecule has 0 aromatic rings. The van der Waals surface area contributed by atoms with Crippen molar-refractivity contribution in [2.24, 2.45) is 5.92 Å². The van der Waals surface area contributed by atoms with Crippen LogP contribution in [0.5, 0.6) is 0 Å². The van der Waals surface area contributed by atoms with Crippen molar-refractivity contribution in [1.29, 1.82) is 0 Å². The van der Waals surface area contributed by atoms with Gasteiger partial charge in [-0.2, -0.15) is 0 Å². The van der Waals surface area contributed by atoms with Gasteiger partial charge in [-0.15, -0.1) is 0 Å². The zero-order valence-electron chi connectivity index (χ0n) is 13.3. The van der Waals surface area contributed by atoms with Gasteiger partial charge in [0.1, 0.15) is 6.42 Å². The third-order valence-corrected chi connectivity index (χ3v) is 3.01. The Morgan fingerprint density at radius 2 is 1.40 bits per heavy atom. The van der Waals surface area contributed by atoms with Crippen LogP contribution in [0.3, 0.4) is 0 Å². The normalized spacial score (nSPS) is 10.6. The Kier molecular flexibility index (Phi) is 12.3. The number of ether oxygens (including phenoxy) is 2. The second kappa shape index (κ2) is 12.9. The highest BCUT2D eigenvalue weighted by Crippen LogP contribution is 2.05. The van der Waals surface area contributed by atoms with Gasteiger partial charge >= 0.3 is 11.9 Å². The molecule has 0 rings (SSSR count). The van der Waals surface area contributed by atoms with Crippen molar-refractivity contribution in [1.82, 2.24) is 0 Å². The van der Waals surface area contributed by atoms with Crippen molar-refractivity contribution >= 4 is 11.9 Å². The average Bonchev–Trinajstić information content (AvgIpc) is 2.37. The molecule has 0 fully saturated rings. The maximum Gasteiger partial charge on any atom is 0.317 e. The van der Waals surface area contributed by atoms with Crippen molar-refractivity contribution in [3.63, 3.8) is 0 Å². The van der Waals surface area contributed by atoms with E-state index in [2.05, 4.69) is 20.8 Å². The van der Waals surface area contributed by atoms with Crippen LogP contribution in [0.1, 0.15) is 72.1 Å². The summed E-state index contributed by atoms with van der Waals surface area (Å²) in [5, 5.41) is 0. The lowest BCUT2D eigenvalue weighted by atomic mass is 10.1. The minimum Gasteiger partial charge on any atom is -0.465 e. The summed E-state index contributed by atoms with van der Waals surface area (Å²) in [4.78, 5) is 22.7. The molecule has 118 valence electrons. The lowest BCUT2D eigenvalue weighted by molar-refractivity contribution is -0.154. The van der Waals surface area contributed by atoms with E-state index in [4.69, 9.17) is 9.47 Å². The van der Waals surface area contributed by atoms with Crippen LogP contribution in [0.2, 0.25) is 0 Å². The number of unbranched alkanes of at least 4 members (excludes halogenated alkanes) is 5. The molecule has 0 heterocycles. The Bertz CT molecular complexity index is 261. The molecular weight excluding hydrogens is 256 g/mol. The van der Waals surface area contributed by atoms with Gasteiger partial charge in [0.2, 0.25) is 0 Å². The van der Waals surface area contributed by atoms with E-state index in [1.807, 2.05) is 0 Å². The lowest BCUT2D eigenvalue weighted by Gasteiger charge is -2.07. The van der Waals surface area contributed by atoms with Gasteiger partial charge in [0.05, 0.1) is 13.2 Å². The summed E-state index contributed by atoms with van der Waals surface area (Å²) in [7, 11) is 0. The van der Waals surface area contributed by atoms with Gasteiger partial charge in [0, 0.05) is 0 Å². The molecule has 0 aliphatic heterocycles. The van der Waals surface area contributed by atoms with Crippen molar-refractivity contribution in [2.45, 2.75) is 72.1 Å². The fraction of sp³-hybridized carbons (Fsp3) is 0.875. The summed E-state index contributed by atoms with van der Waals surface area (Å²) < 4.78 is 9.96. The Hall–Kier alpha value is -1.06. The second-order valence-electron chi connectivity index (χ2n) is 5.57. The molecule has 0 aliphatic carbocycles. The number of carbonyl (C=O) groups excluding carboxylic acids is 2. The van der Waals surface area contributed by atoms with E-state index in [9.17, 15) is 9.59 Å². The maximum atomic E-state index is 11.4. The smallest absolute Gasteiger partial charge is 0.317 e. The average molecular weight is 286 g/mol. The summed E-state index contributed by atoms with van der Waals surface area (Å²) in [6.45, 7) is 7.08. The highest BCUT2D eigenvalue weighted by molar-refractivity contribution is 5.91. The number of rotatable bonds is 12. The summed E-state index contributed by atoms with van der Waals surface area (Å²) in [6.07, 6.45) is 7.42. The van der Waals surface area contributed by atoms with Crippen LogP contribution in [-0.2, 0) is 19.1 Å². The molecule has 4 nitrogen and oxygen atoms in total. The molecular formula is C16H30O4. The van der Waals surface area contributed by atoms with E-state index in [0.29, 0.717) is 19.1 Å². The van der Waals surface area contributed by atoms with Gasteiger partial charge in [-0.05, 0) is 18.8 Å². The van der Waals surface area contributed by atoms with Crippen LogP contribution in [-0.4, -0.2) is 25.2 Å². The Balaban J connectivity index is 3.41. The number of carbonyl (C=O) groups is 2. The third-order valence-electron chi connectivity index (χ3n) is 3.01. The summed E-state index contributed by atoms with van der Waals surface area (Å²) >= 11 is 0. The molecule has 0 aliphatic rings. The Morgan fingerprint density at radius 1 is 0.850 bits per heavy atom. The van der Waals surface area contributed by atoms with Crippen molar-refractivity contribution in [3.05, 3.63) is 0 Å². The van der Waals surface area contributed by atoms with Crippen LogP contribution >= 0.6 is 0 Å². The summed E-state index contributed by atoms with van der Waals surface area (Å²) in [5.74, 6) is -0.478. The predicted molar refractivity (Wildman–Crippen MR) is 79.4 cm³/mol. The van der Waals surface area contributed by atoms with E-state index in [0.717, 1.165) is 19.3 Å². The number of hydrogen-bond donors (Lipinski definition) is 0. The van der Waals surface area contributed by atoms with Crippen molar-refractivity contribution < 1.29 is 19.1 Å². The maximum absolute atomic E-state index is 11.4. The number of esters is 2. The third kappa shape index (κ3) is 13.4. The largest absolute Gasteiger partial charge is 0.465 e. The molecule has 0 unspecified atom stereocenters. The summed E-state index contributed by atoms with van der Waals surface area (Å²) in [5.41, 5.74) is 0. The fourth-order valence-electron chi connectivity index (χ4n) is 1.70. The molecule has 0 N–H and O–H groups in total. The van der Waals surface area contributed by atoms with E-state index < -0.39 is 11.9 Å². The van der Waals surface area contributed by atoms with Gasteiger partial charge in [-0.25, -0.2) is 0 Å². The molecule has 0 saturated carbocycles. The molecule has 0 radical (unpaired) electrons. The van der Waals surface area contributed by atoms with Gasteiger partial charge in [0.15, 0.2) is 0 Å². The van der Waals surface area contributed by atoms with Crippen LogP contribution in [0.4, 0.5) is 0 Å². The molecule has 0 amide bonds. The fourth-order valence-corrected chi connectivity index (χ4v) is 1.70.